The molecular formula is C10H16N4O. The van der Waals surface area contributed by atoms with Gasteiger partial charge in [0, 0.05) is 6.04 Å². The third-order valence-electron chi connectivity index (χ3n) is 2.65. The van der Waals surface area contributed by atoms with Crippen LogP contribution in [0.1, 0.15) is 29.8 Å². The largest absolute Gasteiger partial charge is 0.348 e. The summed E-state index contributed by atoms with van der Waals surface area (Å²) in [7, 11) is 0. The molecule has 5 heteroatoms. The molecule has 0 saturated carbocycles. The summed E-state index contributed by atoms with van der Waals surface area (Å²) in [6, 6.07) is 0.288. The molecule has 0 aliphatic carbocycles. The van der Waals surface area contributed by atoms with Crippen LogP contribution in [0.15, 0.2) is 12.5 Å². The highest BCUT2D eigenvalue weighted by molar-refractivity contribution is 5.92. The molecule has 0 radical (unpaired) electrons. The van der Waals surface area contributed by atoms with Crippen LogP contribution in [0.2, 0.25) is 0 Å². The first-order valence-corrected chi connectivity index (χ1v) is 5.36. The van der Waals surface area contributed by atoms with Crippen molar-refractivity contribution < 1.29 is 4.79 Å². The Morgan fingerprint density at radius 3 is 3.20 bits per heavy atom. The van der Waals surface area contributed by atoms with E-state index in [9.17, 15) is 4.79 Å². The zero-order valence-electron chi connectivity index (χ0n) is 8.62. The zero-order chi connectivity index (χ0) is 10.5. The molecule has 2 rings (SSSR count). The third kappa shape index (κ3) is 2.79. The topological polar surface area (TPSA) is 69.8 Å². The minimum Gasteiger partial charge on any atom is -0.348 e. The molecule has 0 aromatic carbocycles. The van der Waals surface area contributed by atoms with Crippen molar-refractivity contribution >= 4 is 5.91 Å². The summed E-state index contributed by atoms with van der Waals surface area (Å²) in [5.74, 6) is -0.0561. The van der Waals surface area contributed by atoms with Gasteiger partial charge in [-0.15, -0.1) is 0 Å². The molecule has 1 unspecified atom stereocenters. The van der Waals surface area contributed by atoms with Gasteiger partial charge in [0.15, 0.2) is 0 Å². The maximum absolute atomic E-state index is 11.7. The van der Waals surface area contributed by atoms with Crippen molar-refractivity contribution in [1.82, 2.24) is 20.6 Å². The Morgan fingerprint density at radius 1 is 1.47 bits per heavy atom. The number of nitrogens with one attached hydrogen (secondary N) is 3. The van der Waals surface area contributed by atoms with Crippen molar-refractivity contribution in [1.29, 1.82) is 0 Å². The van der Waals surface area contributed by atoms with Crippen molar-refractivity contribution in [3.63, 3.8) is 0 Å². The quantitative estimate of drug-likeness (QED) is 0.654. The van der Waals surface area contributed by atoms with Crippen LogP contribution in [0.5, 0.6) is 0 Å². The summed E-state index contributed by atoms with van der Waals surface area (Å²) in [5, 5.41) is 6.32. The van der Waals surface area contributed by atoms with E-state index >= 15 is 0 Å². The van der Waals surface area contributed by atoms with E-state index in [1.807, 2.05) is 0 Å². The van der Waals surface area contributed by atoms with Crippen LogP contribution in [0.4, 0.5) is 0 Å². The minimum atomic E-state index is -0.0561. The van der Waals surface area contributed by atoms with Crippen LogP contribution in [-0.4, -0.2) is 35.0 Å². The van der Waals surface area contributed by atoms with Gasteiger partial charge in [-0.25, -0.2) is 4.98 Å². The third-order valence-corrected chi connectivity index (χ3v) is 2.65. The van der Waals surface area contributed by atoms with E-state index in [2.05, 4.69) is 20.6 Å². The van der Waals surface area contributed by atoms with Crippen molar-refractivity contribution in [3.8, 4) is 0 Å². The lowest BCUT2D eigenvalue weighted by Crippen LogP contribution is -2.35. The van der Waals surface area contributed by atoms with E-state index < -0.39 is 0 Å². The van der Waals surface area contributed by atoms with Crippen LogP contribution >= 0.6 is 0 Å². The van der Waals surface area contributed by atoms with E-state index in [1.54, 1.807) is 6.20 Å². The standard InChI is InChI=1S/C10H16N4O/c15-10(9-6-12-7-13-9)14-8-2-1-4-11-5-3-8/h6-8,11H,1-5H2,(H,12,13)(H,14,15). The number of amides is 1. The first kappa shape index (κ1) is 10.2. The van der Waals surface area contributed by atoms with Crippen LogP contribution in [0.25, 0.3) is 0 Å². The number of nitrogens with zero attached hydrogens (tertiary/aromatic N) is 1. The number of imidazole rings is 1. The van der Waals surface area contributed by atoms with Gasteiger partial charge in [0.05, 0.1) is 12.5 Å². The number of hydrogen-bond acceptors (Lipinski definition) is 3. The van der Waals surface area contributed by atoms with Crippen LogP contribution in [-0.2, 0) is 0 Å². The molecule has 1 saturated heterocycles. The molecule has 1 fully saturated rings. The van der Waals surface area contributed by atoms with Crippen LogP contribution in [0, 0.1) is 0 Å². The summed E-state index contributed by atoms with van der Waals surface area (Å²) in [6.45, 7) is 2.03. The molecule has 1 aromatic rings. The van der Waals surface area contributed by atoms with E-state index in [1.165, 1.54) is 6.33 Å². The van der Waals surface area contributed by atoms with Crippen LogP contribution < -0.4 is 10.6 Å². The fraction of sp³-hybridized carbons (Fsp3) is 0.600. The zero-order valence-corrected chi connectivity index (χ0v) is 8.62. The van der Waals surface area contributed by atoms with Crippen molar-refractivity contribution in [2.45, 2.75) is 25.3 Å². The van der Waals surface area contributed by atoms with Gasteiger partial charge in [-0.1, -0.05) is 0 Å². The molecular weight excluding hydrogens is 192 g/mol. The molecule has 82 valence electrons. The van der Waals surface area contributed by atoms with Gasteiger partial charge in [0.1, 0.15) is 5.69 Å². The van der Waals surface area contributed by atoms with Gasteiger partial charge in [0.25, 0.3) is 5.91 Å². The average Bonchev–Trinajstić information content (AvgIpc) is 2.65. The number of rotatable bonds is 2. The number of carbonyl (C=O) groups excluding carboxylic acids is 1. The summed E-state index contributed by atoms with van der Waals surface area (Å²) in [5.41, 5.74) is 0.534. The van der Waals surface area contributed by atoms with Crippen LogP contribution in [0.3, 0.4) is 0 Å². The fourth-order valence-corrected chi connectivity index (χ4v) is 1.81. The molecule has 5 nitrogen and oxygen atoms in total. The predicted molar refractivity (Wildman–Crippen MR) is 56.6 cm³/mol. The maximum atomic E-state index is 11.7. The Hall–Kier alpha value is -1.36. The van der Waals surface area contributed by atoms with Gasteiger partial charge >= 0.3 is 0 Å². The lowest BCUT2D eigenvalue weighted by molar-refractivity contribution is 0.0929. The molecule has 15 heavy (non-hydrogen) atoms. The highest BCUT2D eigenvalue weighted by Crippen LogP contribution is 2.05. The highest BCUT2D eigenvalue weighted by atomic mass is 16.1. The normalized spacial score (nSPS) is 22.0. The molecule has 2 heterocycles. The van der Waals surface area contributed by atoms with E-state index in [0.29, 0.717) is 5.69 Å². The fourth-order valence-electron chi connectivity index (χ4n) is 1.81. The summed E-state index contributed by atoms with van der Waals surface area (Å²) < 4.78 is 0. The SMILES string of the molecule is O=C(NC1CCCNCC1)c1cnc[nH]1. The first-order chi connectivity index (χ1) is 7.36. The van der Waals surface area contributed by atoms with Crippen molar-refractivity contribution in [3.05, 3.63) is 18.2 Å². The Bertz CT molecular complexity index is 301. The van der Waals surface area contributed by atoms with E-state index in [-0.39, 0.29) is 11.9 Å². The molecule has 1 amide bonds. The average molecular weight is 208 g/mol. The van der Waals surface area contributed by atoms with Crippen molar-refractivity contribution in [2.75, 3.05) is 13.1 Å². The van der Waals surface area contributed by atoms with Gasteiger partial charge in [-0.2, -0.15) is 0 Å². The van der Waals surface area contributed by atoms with Gasteiger partial charge < -0.3 is 15.6 Å². The molecule has 1 aliphatic heterocycles. The van der Waals surface area contributed by atoms with E-state index in [4.69, 9.17) is 0 Å². The smallest absolute Gasteiger partial charge is 0.269 e. The Morgan fingerprint density at radius 2 is 2.40 bits per heavy atom. The second-order valence-corrected chi connectivity index (χ2v) is 3.82. The first-order valence-electron chi connectivity index (χ1n) is 5.36. The number of aromatic nitrogens is 2. The molecule has 0 bridgehead atoms. The molecule has 1 aromatic heterocycles. The lowest BCUT2D eigenvalue weighted by atomic mass is 10.1. The van der Waals surface area contributed by atoms with Gasteiger partial charge in [-0.3, -0.25) is 4.79 Å². The van der Waals surface area contributed by atoms with Gasteiger partial charge in [0.2, 0.25) is 0 Å². The number of carbonyl (C=O) groups is 1. The lowest BCUT2D eigenvalue weighted by Gasteiger charge is -2.14. The monoisotopic (exact) mass is 208 g/mol. The summed E-state index contributed by atoms with van der Waals surface area (Å²) in [6.07, 6.45) is 6.23. The molecule has 1 aliphatic rings. The van der Waals surface area contributed by atoms with E-state index in [0.717, 1.165) is 32.4 Å². The maximum Gasteiger partial charge on any atom is 0.269 e. The summed E-state index contributed by atoms with van der Waals surface area (Å²) in [4.78, 5) is 18.3. The predicted octanol–water partition coefficient (Wildman–Crippen LogP) is 0.282. The van der Waals surface area contributed by atoms with Crippen molar-refractivity contribution in [2.24, 2.45) is 0 Å². The second-order valence-electron chi connectivity index (χ2n) is 3.82. The Balaban J connectivity index is 1.87. The summed E-state index contributed by atoms with van der Waals surface area (Å²) >= 11 is 0. The minimum absolute atomic E-state index is 0.0561. The van der Waals surface area contributed by atoms with Gasteiger partial charge in [-0.05, 0) is 32.4 Å². The molecule has 1 atom stereocenters. The highest BCUT2D eigenvalue weighted by Gasteiger charge is 2.15. The number of aromatic amines is 1. The molecule has 0 spiro atoms. The number of H-pyrrole nitrogens is 1. The second kappa shape index (κ2) is 4.93. The molecule has 3 N–H and O–H groups in total. The number of hydrogen-bond donors (Lipinski definition) is 3. The Labute approximate surface area is 88.7 Å². The Kier molecular flexibility index (Phi) is 3.34.